The highest BCUT2D eigenvalue weighted by molar-refractivity contribution is 8.00. The number of rotatable bonds is 13. The van der Waals surface area contributed by atoms with Gasteiger partial charge in [-0.25, -0.2) is 9.59 Å². The number of thioether (sulfide) groups is 2. The fraction of sp³-hybridized carbons (Fsp3) is 0.633. The molecule has 4 atom stereocenters. The summed E-state index contributed by atoms with van der Waals surface area (Å²) in [5.41, 5.74) is 0.0566. The van der Waals surface area contributed by atoms with Crippen LogP contribution >= 0.6 is 23.5 Å². The van der Waals surface area contributed by atoms with Crippen molar-refractivity contribution >= 4 is 53.3 Å². The maximum absolute atomic E-state index is 13.5. The van der Waals surface area contributed by atoms with E-state index in [1.165, 1.54) is 35.5 Å². The van der Waals surface area contributed by atoms with Crippen LogP contribution in [0.1, 0.15) is 59.9 Å². The van der Waals surface area contributed by atoms with Crippen LogP contribution in [0.3, 0.4) is 0 Å². The van der Waals surface area contributed by atoms with E-state index in [-0.39, 0.29) is 12.8 Å². The van der Waals surface area contributed by atoms with Crippen molar-refractivity contribution in [3.05, 3.63) is 35.9 Å². The lowest BCUT2D eigenvalue weighted by molar-refractivity contribution is -0.145. The minimum absolute atomic E-state index is 0.166. The summed E-state index contributed by atoms with van der Waals surface area (Å²) in [5.74, 6) is -1.20. The number of hydrogen-bond donors (Lipinski definition) is 3. The van der Waals surface area contributed by atoms with E-state index < -0.39 is 64.4 Å². The van der Waals surface area contributed by atoms with E-state index in [1.54, 1.807) is 27.7 Å². The molecule has 0 bridgehead atoms. The Morgan fingerprint density at radius 1 is 1.02 bits per heavy atom. The van der Waals surface area contributed by atoms with Gasteiger partial charge in [-0.15, -0.1) is 11.8 Å². The summed E-state index contributed by atoms with van der Waals surface area (Å²) >= 11 is 2.97. The number of nitrogens with one attached hydrogen (secondary N) is 3. The number of hydrogen-bond acceptors (Lipinski definition) is 9. The molecule has 4 amide bonds. The van der Waals surface area contributed by atoms with E-state index in [2.05, 4.69) is 16.0 Å². The highest BCUT2D eigenvalue weighted by atomic mass is 32.2. The van der Waals surface area contributed by atoms with Crippen molar-refractivity contribution in [3.63, 3.8) is 0 Å². The number of benzene rings is 1. The van der Waals surface area contributed by atoms with Gasteiger partial charge in [0, 0.05) is 12.2 Å². The predicted molar refractivity (Wildman–Crippen MR) is 170 cm³/mol. The van der Waals surface area contributed by atoms with Crippen molar-refractivity contribution in [2.45, 2.75) is 95.4 Å². The lowest BCUT2D eigenvalue weighted by Crippen LogP contribution is -2.59. The molecular weight excluding hydrogens is 592 g/mol. The molecule has 0 spiro atoms. The molecule has 0 radical (unpaired) electrons. The lowest BCUT2D eigenvalue weighted by Gasteiger charge is -2.35. The molecule has 240 valence electrons. The molecule has 1 aliphatic heterocycles. The Bertz CT molecular complexity index is 1130. The molecule has 1 aliphatic rings. The Kier molecular flexibility index (Phi) is 13.7. The third-order valence-electron chi connectivity index (χ3n) is 6.75. The molecule has 0 aromatic heterocycles. The lowest BCUT2D eigenvalue weighted by atomic mass is 10.0. The van der Waals surface area contributed by atoms with Crippen LogP contribution in [0.2, 0.25) is 0 Å². The third-order valence-corrected chi connectivity index (χ3v) is 8.78. The van der Waals surface area contributed by atoms with Gasteiger partial charge in [0.05, 0.1) is 12.0 Å². The first-order valence-electron chi connectivity index (χ1n) is 14.3. The first-order chi connectivity index (χ1) is 20.1. The monoisotopic (exact) mass is 638 g/mol. The van der Waals surface area contributed by atoms with Gasteiger partial charge in [0.1, 0.15) is 29.8 Å². The first-order valence-corrected chi connectivity index (χ1v) is 16.7. The zero-order valence-electron chi connectivity index (χ0n) is 26.4. The molecule has 0 aliphatic carbocycles. The Labute approximate surface area is 263 Å². The third kappa shape index (κ3) is 10.9. The standard InChI is InChI=1S/C30H46N4O7S2/c1-9-20(31-26(37)23-18-43-30(5,6)34(23)28(39)41-29(2,3)4)24(35)33-22(17-19-13-11-10-12-14-19)25(36)32-21(15-16-42-8)27(38)40-7/h10-14,20-23H,9,15-18H2,1-8H3,(H,31,37)(H,32,36)(H,33,35)/t20-,21-,22-,23-/m0/s1. The SMILES string of the molecule is CC[C@H](NC(=O)[C@@H]1CSC(C)(C)N1C(=O)OC(C)(C)C)C(=O)N[C@@H](Cc1ccccc1)C(=O)N[C@@H](CCSC)C(=O)OC. The van der Waals surface area contributed by atoms with Crippen LogP contribution in [0.15, 0.2) is 30.3 Å². The summed E-state index contributed by atoms with van der Waals surface area (Å²) < 4.78 is 10.4. The van der Waals surface area contributed by atoms with Crippen molar-refractivity contribution < 1.29 is 33.4 Å². The van der Waals surface area contributed by atoms with Crippen LogP contribution in [0.25, 0.3) is 0 Å². The number of esters is 1. The number of carbonyl (C=O) groups excluding carboxylic acids is 5. The van der Waals surface area contributed by atoms with Crippen LogP contribution in [0.5, 0.6) is 0 Å². The van der Waals surface area contributed by atoms with Gasteiger partial charge in [0.25, 0.3) is 0 Å². The molecule has 13 heteroatoms. The Morgan fingerprint density at radius 2 is 1.63 bits per heavy atom. The van der Waals surface area contributed by atoms with Crippen molar-refractivity contribution in [2.24, 2.45) is 0 Å². The van der Waals surface area contributed by atoms with Gasteiger partial charge in [-0.1, -0.05) is 37.3 Å². The number of ether oxygens (including phenoxy) is 2. The number of amides is 4. The summed E-state index contributed by atoms with van der Waals surface area (Å²) in [7, 11) is 1.26. The molecule has 2 rings (SSSR count). The van der Waals surface area contributed by atoms with E-state index in [9.17, 15) is 24.0 Å². The molecule has 1 heterocycles. The molecule has 1 aromatic rings. The molecule has 3 N–H and O–H groups in total. The van der Waals surface area contributed by atoms with Gasteiger partial charge in [-0.05, 0) is 65.0 Å². The van der Waals surface area contributed by atoms with Crippen molar-refractivity contribution in [2.75, 3.05) is 24.9 Å². The molecule has 0 unspecified atom stereocenters. The maximum Gasteiger partial charge on any atom is 0.412 e. The Morgan fingerprint density at radius 3 is 2.19 bits per heavy atom. The highest BCUT2D eigenvalue weighted by Crippen LogP contribution is 2.40. The summed E-state index contributed by atoms with van der Waals surface area (Å²) in [4.78, 5) is 66.5. The maximum atomic E-state index is 13.5. The second-order valence-corrected chi connectivity index (χ2v) is 14.3. The topological polar surface area (TPSA) is 143 Å². The zero-order chi connectivity index (χ0) is 32.4. The summed E-state index contributed by atoms with van der Waals surface area (Å²) in [5, 5.41) is 8.28. The van der Waals surface area contributed by atoms with Crippen LogP contribution < -0.4 is 16.0 Å². The van der Waals surface area contributed by atoms with Crippen molar-refractivity contribution in [1.29, 1.82) is 0 Å². The van der Waals surface area contributed by atoms with Crippen LogP contribution in [-0.2, 0) is 35.1 Å². The van der Waals surface area contributed by atoms with Crippen molar-refractivity contribution in [1.82, 2.24) is 20.9 Å². The number of carbonyl (C=O) groups is 5. The normalized spacial score (nSPS) is 18.1. The minimum atomic E-state index is -1.03. The van der Waals surface area contributed by atoms with Gasteiger partial charge in [-0.3, -0.25) is 19.3 Å². The van der Waals surface area contributed by atoms with Crippen LogP contribution in [0.4, 0.5) is 4.79 Å². The van der Waals surface area contributed by atoms with Crippen molar-refractivity contribution in [3.8, 4) is 0 Å². The molecule has 1 aromatic carbocycles. The van der Waals surface area contributed by atoms with E-state index in [1.807, 2.05) is 50.4 Å². The smallest absolute Gasteiger partial charge is 0.412 e. The summed E-state index contributed by atoms with van der Waals surface area (Å²) in [6.07, 6.45) is 2.06. The predicted octanol–water partition coefficient (Wildman–Crippen LogP) is 3.11. The largest absolute Gasteiger partial charge is 0.467 e. The average Bonchev–Trinajstić information content (AvgIpc) is 3.27. The highest BCUT2D eigenvalue weighted by Gasteiger charge is 2.48. The number of methoxy groups -OCH3 is 1. The molecule has 1 saturated heterocycles. The fourth-order valence-corrected chi connectivity index (χ4v) is 6.18. The Balaban J connectivity index is 2.22. The minimum Gasteiger partial charge on any atom is -0.467 e. The molecule has 11 nitrogen and oxygen atoms in total. The van der Waals surface area contributed by atoms with Crippen LogP contribution in [-0.4, -0.2) is 94.2 Å². The quantitative estimate of drug-likeness (QED) is 0.278. The molecule has 1 fully saturated rings. The average molecular weight is 639 g/mol. The van der Waals surface area contributed by atoms with E-state index in [0.717, 1.165) is 5.56 Å². The van der Waals surface area contributed by atoms with Gasteiger partial charge in [0.15, 0.2) is 0 Å². The molecule has 0 saturated carbocycles. The van der Waals surface area contributed by atoms with Gasteiger partial charge >= 0.3 is 12.1 Å². The second-order valence-electron chi connectivity index (χ2n) is 11.7. The molecular formula is C30H46N4O7S2. The summed E-state index contributed by atoms with van der Waals surface area (Å²) in [6, 6.07) is 5.45. The van der Waals surface area contributed by atoms with E-state index in [4.69, 9.17) is 9.47 Å². The number of nitrogens with zero attached hydrogens (tertiary/aromatic N) is 1. The second kappa shape index (κ2) is 16.2. The van der Waals surface area contributed by atoms with Gasteiger partial charge in [-0.2, -0.15) is 11.8 Å². The Hall–Kier alpha value is -2.93. The van der Waals surface area contributed by atoms with Gasteiger partial charge in [0.2, 0.25) is 17.7 Å². The van der Waals surface area contributed by atoms with Crippen LogP contribution in [0, 0.1) is 0 Å². The zero-order valence-corrected chi connectivity index (χ0v) is 28.0. The van der Waals surface area contributed by atoms with E-state index >= 15 is 0 Å². The van der Waals surface area contributed by atoms with Gasteiger partial charge < -0.3 is 25.4 Å². The molecule has 43 heavy (non-hydrogen) atoms. The van der Waals surface area contributed by atoms with E-state index in [0.29, 0.717) is 17.9 Å². The first kappa shape index (κ1) is 36.3. The fourth-order valence-electron chi connectivity index (χ4n) is 4.50. The summed E-state index contributed by atoms with van der Waals surface area (Å²) in [6.45, 7) is 10.7.